The molecule has 5 N–H and O–H groups in total. The summed E-state index contributed by atoms with van der Waals surface area (Å²) in [5.41, 5.74) is -0.987. The zero-order valence-electron chi connectivity index (χ0n) is 22.0. The normalized spacial score (nSPS) is 19.9. The van der Waals surface area contributed by atoms with Crippen LogP contribution in [0.2, 0.25) is 5.02 Å². The molecule has 0 bridgehead atoms. The van der Waals surface area contributed by atoms with E-state index >= 15 is 0 Å². The second-order valence-corrected chi connectivity index (χ2v) is 11.3. The van der Waals surface area contributed by atoms with Crippen LogP contribution in [0.3, 0.4) is 0 Å². The number of ether oxygens (including phenoxy) is 2. The molecule has 15 heteroatoms. The molecule has 3 unspecified atom stereocenters. The minimum Gasteiger partial charge on any atom is -0.380 e. The van der Waals surface area contributed by atoms with Gasteiger partial charge < -0.3 is 30.1 Å². The van der Waals surface area contributed by atoms with Gasteiger partial charge in [0.05, 0.1) is 29.5 Å². The quantitative estimate of drug-likeness (QED) is 0.276. The summed E-state index contributed by atoms with van der Waals surface area (Å²) in [4.78, 5) is 6.03. The minimum absolute atomic E-state index is 0. The van der Waals surface area contributed by atoms with Gasteiger partial charge in [0, 0.05) is 39.4 Å². The Labute approximate surface area is 245 Å². The second kappa shape index (κ2) is 17.1. The molecule has 1 heterocycles. The number of rotatable bonds is 10. The van der Waals surface area contributed by atoms with E-state index in [0.717, 1.165) is 13.1 Å². The SMILES string of the molecule is Br.CCN1C(=NCC(C)OC)SCC1(O)c1ccc(Cl)c(S(N)(=O)=O)c1.CCNC(=S)NCC(C)OC. The zero-order chi connectivity index (χ0) is 27.5. The number of hydrogen-bond donors (Lipinski definition) is 4. The van der Waals surface area contributed by atoms with Crippen LogP contribution in [0.4, 0.5) is 0 Å². The second-order valence-electron chi connectivity index (χ2n) is 8.00. The van der Waals surface area contributed by atoms with E-state index in [-0.39, 0.29) is 39.1 Å². The minimum atomic E-state index is -3.99. The van der Waals surface area contributed by atoms with Crippen LogP contribution < -0.4 is 15.8 Å². The number of nitrogens with one attached hydrogen (secondary N) is 2. The summed E-state index contributed by atoms with van der Waals surface area (Å²) in [5, 5.41) is 23.8. The summed E-state index contributed by atoms with van der Waals surface area (Å²) in [6, 6.07) is 4.35. The van der Waals surface area contributed by atoms with Gasteiger partial charge in [-0.25, -0.2) is 13.6 Å². The highest BCUT2D eigenvalue weighted by atomic mass is 79.9. The maximum Gasteiger partial charge on any atom is 0.239 e. The molecule has 1 aromatic rings. The molecule has 1 saturated heterocycles. The van der Waals surface area contributed by atoms with Crippen LogP contribution in [0, 0.1) is 0 Å². The molecule has 0 radical (unpaired) electrons. The number of nitrogens with zero attached hydrogens (tertiary/aromatic N) is 2. The van der Waals surface area contributed by atoms with E-state index in [1.165, 1.54) is 23.9 Å². The molecule has 1 fully saturated rings. The molecule has 214 valence electrons. The highest BCUT2D eigenvalue weighted by molar-refractivity contribution is 8.93. The number of methoxy groups -OCH3 is 2. The first-order valence-electron chi connectivity index (χ1n) is 11.4. The first-order chi connectivity index (χ1) is 16.8. The molecule has 0 saturated carbocycles. The van der Waals surface area contributed by atoms with Gasteiger partial charge in [-0.05, 0) is 52.0 Å². The Kier molecular flexibility index (Phi) is 16.8. The Balaban J connectivity index is 0.000000918. The van der Waals surface area contributed by atoms with Crippen LogP contribution in [0.25, 0.3) is 0 Å². The summed E-state index contributed by atoms with van der Waals surface area (Å²) in [6.07, 6.45) is 0.164. The van der Waals surface area contributed by atoms with Gasteiger partial charge in [0.2, 0.25) is 10.0 Å². The number of amidine groups is 1. The van der Waals surface area contributed by atoms with Gasteiger partial charge in [-0.1, -0.05) is 29.4 Å². The number of thioether (sulfide) groups is 1. The van der Waals surface area contributed by atoms with Crippen molar-refractivity contribution < 1.29 is 23.0 Å². The maximum absolute atomic E-state index is 11.7. The first-order valence-corrected chi connectivity index (χ1v) is 14.7. The Bertz CT molecular complexity index is 1000. The van der Waals surface area contributed by atoms with Crippen molar-refractivity contribution in [1.29, 1.82) is 0 Å². The van der Waals surface area contributed by atoms with Crippen molar-refractivity contribution in [3.8, 4) is 0 Å². The lowest BCUT2D eigenvalue weighted by atomic mass is 10.0. The van der Waals surface area contributed by atoms with E-state index in [1.807, 2.05) is 27.7 Å². The number of thiocarbonyl (C=S) groups is 1. The number of primary sulfonamides is 1. The predicted octanol–water partition coefficient (Wildman–Crippen LogP) is 2.68. The van der Waals surface area contributed by atoms with Crippen molar-refractivity contribution in [3.05, 3.63) is 28.8 Å². The number of halogens is 2. The van der Waals surface area contributed by atoms with Gasteiger partial charge in [-0.15, -0.1) is 17.0 Å². The fourth-order valence-electron chi connectivity index (χ4n) is 3.04. The number of hydrogen-bond acceptors (Lipinski definition) is 8. The predicted molar refractivity (Wildman–Crippen MR) is 161 cm³/mol. The van der Waals surface area contributed by atoms with Crippen molar-refractivity contribution >= 4 is 72.9 Å². The summed E-state index contributed by atoms with van der Waals surface area (Å²) in [5.74, 6) is 0.312. The molecule has 0 aromatic heterocycles. The Hall–Kier alpha value is -0.710. The third kappa shape index (κ3) is 11.1. The first kappa shape index (κ1) is 36.3. The van der Waals surface area contributed by atoms with Gasteiger partial charge >= 0.3 is 0 Å². The van der Waals surface area contributed by atoms with Crippen molar-refractivity contribution in [2.24, 2.45) is 10.1 Å². The summed E-state index contributed by atoms with van der Waals surface area (Å²) >= 11 is 12.3. The van der Waals surface area contributed by atoms with Crippen LogP contribution >= 0.6 is 52.6 Å². The van der Waals surface area contributed by atoms with Gasteiger partial charge in [-0.2, -0.15) is 0 Å². The molecule has 1 aliphatic heterocycles. The molecule has 0 aliphatic carbocycles. The fraction of sp³-hybridized carbons (Fsp3) is 0.636. The van der Waals surface area contributed by atoms with Crippen LogP contribution in [-0.2, 0) is 25.2 Å². The average molecular weight is 665 g/mol. The highest BCUT2D eigenvalue weighted by Crippen LogP contribution is 2.40. The van der Waals surface area contributed by atoms with Crippen LogP contribution in [0.5, 0.6) is 0 Å². The molecule has 2 rings (SSSR count). The van der Waals surface area contributed by atoms with E-state index in [2.05, 4.69) is 15.6 Å². The highest BCUT2D eigenvalue weighted by Gasteiger charge is 2.44. The maximum atomic E-state index is 11.7. The average Bonchev–Trinajstić information content (AvgIpc) is 3.17. The Morgan fingerprint density at radius 1 is 1.30 bits per heavy atom. The van der Waals surface area contributed by atoms with Gasteiger partial charge in [0.1, 0.15) is 4.90 Å². The van der Waals surface area contributed by atoms with E-state index in [1.54, 1.807) is 25.2 Å². The Morgan fingerprint density at radius 2 is 1.92 bits per heavy atom. The number of benzene rings is 1. The molecule has 0 amide bonds. The van der Waals surface area contributed by atoms with Gasteiger partial charge in [0.15, 0.2) is 16.0 Å². The number of aliphatic hydroxyl groups is 1. The van der Waals surface area contributed by atoms with Gasteiger partial charge in [-0.3, -0.25) is 4.99 Å². The zero-order valence-corrected chi connectivity index (χ0v) is 26.9. The largest absolute Gasteiger partial charge is 0.380 e. The lowest BCUT2D eigenvalue weighted by Gasteiger charge is -2.34. The molecule has 3 atom stereocenters. The summed E-state index contributed by atoms with van der Waals surface area (Å²) in [7, 11) is -0.693. The van der Waals surface area contributed by atoms with Crippen molar-refractivity contribution in [3.63, 3.8) is 0 Å². The molecular weight excluding hydrogens is 626 g/mol. The molecule has 37 heavy (non-hydrogen) atoms. The fourth-order valence-corrected chi connectivity index (χ4v) is 5.59. The van der Waals surface area contributed by atoms with Gasteiger partial charge in [0.25, 0.3) is 0 Å². The van der Waals surface area contributed by atoms with E-state index < -0.39 is 15.7 Å². The van der Waals surface area contributed by atoms with Crippen LogP contribution in [0.1, 0.15) is 33.3 Å². The third-order valence-corrected chi connectivity index (χ3v) is 8.11. The molecule has 1 aromatic carbocycles. The number of sulfonamides is 1. The van der Waals surface area contributed by atoms with Crippen molar-refractivity contribution in [2.45, 2.75) is 50.5 Å². The summed E-state index contributed by atoms with van der Waals surface area (Å²) < 4.78 is 33.6. The number of nitrogens with two attached hydrogens (primary N) is 1. The van der Waals surface area contributed by atoms with Crippen LogP contribution in [0.15, 0.2) is 28.1 Å². The molecular formula is C22H39BrClN5O5S3. The summed E-state index contributed by atoms with van der Waals surface area (Å²) in [6.45, 7) is 10.4. The smallest absolute Gasteiger partial charge is 0.239 e. The van der Waals surface area contributed by atoms with E-state index in [4.69, 9.17) is 38.4 Å². The molecule has 0 spiro atoms. The Morgan fingerprint density at radius 3 is 2.43 bits per heavy atom. The number of aliphatic imine (C=N–C) groups is 1. The standard InChI is InChI=1S/C15H22ClN3O4S2.C7H16N2OS.BrH/c1-4-19-14(18-8-10(2)23-3)24-9-15(19,20)11-5-6-12(16)13(7-11)25(17,21)22;1-4-8-7(11)9-5-6(2)10-3;/h5-7,10,20H,4,8-9H2,1-3H3,(H2,17,21,22);6H,4-5H2,1-3H3,(H2,8,9,11);1H. The molecule has 10 nitrogen and oxygen atoms in total. The van der Waals surface area contributed by atoms with E-state index in [0.29, 0.717) is 34.7 Å². The lowest BCUT2D eigenvalue weighted by Crippen LogP contribution is -2.45. The van der Waals surface area contributed by atoms with Crippen molar-refractivity contribution in [1.82, 2.24) is 15.5 Å². The molecule has 1 aliphatic rings. The third-order valence-electron chi connectivity index (χ3n) is 5.27. The van der Waals surface area contributed by atoms with Crippen LogP contribution in [-0.4, -0.2) is 87.1 Å². The monoisotopic (exact) mass is 663 g/mol. The topological polar surface area (TPSA) is 139 Å². The lowest BCUT2D eigenvalue weighted by molar-refractivity contribution is -0.0456. The van der Waals surface area contributed by atoms with E-state index in [9.17, 15) is 13.5 Å². The van der Waals surface area contributed by atoms with Crippen molar-refractivity contribution in [2.75, 3.05) is 46.2 Å².